The van der Waals surface area contributed by atoms with Crippen LogP contribution in [0.15, 0.2) is 11.6 Å². The maximum atomic E-state index is 12.7. The van der Waals surface area contributed by atoms with E-state index in [0.29, 0.717) is 18.4 Å². The molecule has 2 N–H and O–H groups in total. The number of hydrogen-bond acceptors (Lipinski definition) is 2. The maximum absolute atomic E-state index is 12.7. The summed E-state index contributed by atoms with van der Waals surface area (Å²) in [5.41, 5.74) is 1.58. The van der Waals surface area contributed by atoms with Crippen molar-refractivity contribution in [3.63, 3.8) is 0 Å². The van der Waals surface area contributed by atoms with Crippen molar-refractivity contribution < 1.29 is 4.79 Å². The molecule has 28 heavy (non-hydrogen) atoms. The third-order valence-electron chi connectivity index (χ3n) is 6.78. The van der Waals surface area contributed by atoms with Crippen molar-refractivity contribution in [3.8, 4) is 0 Å². The zero-order chi connectivity index (χ0) is 19.6. The lowest BCUT2D eigenvalue weighted by atomic mass is 9.78. The molecule has 4 nitrogen and oxygen atoms in total. The third-order valence-corrected chi connectivity index (χ3v) is 7.07. The van der Waals surface area contributed by atoms with Gasteiger partial charge in [-0.1, -0.05) is 24.5 Å². The minimum absolute atomic E-state index is 0.387. The van der Waals surface area contributed by atoms with Crippen LogP contribution in [0.4, 0.5) is 0 Å². The number of piperidine rings is 1. The van der Waals surface area contributed by atoms with Crippen molar-refractivity contribution in [2.45, 2.75) is 95.9 Å². The van der Waals surface area contributed by atoms with Crippen LogP contribution in [0.2, 0.25) is 0 Å². The molecule has 2 fully saturated rings. The van der Waals surface area contributed by atoms with Gasteiger partial charge in [0.05, 0.1) is 0 Å². The number of unbranched alkanes of at least 4 members (excludes halogenated alkanes) is 1. The predicted octanol–water partition coefficient (Wildman–Crippen LogP) is 4.69. The van der Waals surface area contributed by atoms with Gasteiger partial charge in [-0.25, -0.2) is 0 Å². The highest BCUT2D eigenvalue weighted by Gasteiger charge is 2.35. The second-order valence-electron chi connectivity index (χ2n) is 8.84. The molecule has 2 unspecified atom stereocenters. The van der Waals surface area contributed by atoms with Crippen LogP contribution in [-0.4, -0.2) is 41.6 Å². The van der Waals surface area contributed by atoms with Crippen LogP contribution in [0.5, 0.6) is 0 Å². The summed E-state index contributed by atoms with van der Waals surface area (Å²) in [4.78, 5) is 14.9. The van der Waals surface area contributed by atoms with Gasteiger partial charge in [0.25, 0.3) is 0 Å². The molecule has 0 aromatic heterocycles. The van der Waals surface area contributed by atoms with Crippen LogP contribution in [0.1, 0.15) is 89.9 Å². The monoisotopic (exact) mass is 405 g/mol. The van der Waals surface area contributed by atoms with Gasteiger partial charge >= 0.3 is 0 Å². The first-order chi connectivity index (χ1) is 13.7. The first kappa shape index (κ1) is 21.6. The Bertz CT molecular complexity index is 546. The number of rotatable bonds is 8. The fraction of sp³-hybridized carbons (Fsp3) is 0.826. The van der Waals surface area contributed by atoms with Crippen LogP contribution in [0.25, 0.3) is 0 Å². The Morgan fingerprint density at radius 3 is 2.71 bits per heavy atom. The Labute approximate surface area is 176 Å². The fourth-order valence-corrected chi connectivity index (χ4v) is 5.42. The molecule has 158 valence electrons. The Hall–Kier alpha value is -1.10. The molecular weight excluding hydrogens is 366 g/mol. The molecule has 3 aliphatic rings. The highest BCUT2D eigenvalue weighted by molar-refractivity contribution is 7.80. The third kappa shape index (κ3) is 6.75. The molecule has 5 heteroatoms. The van der Waals surface area contributed by atoms with E-state index in [2.05, 4.69) is 21.6 Å². The minimum Gasteiger partial charge on any atom is -0.363 e. The van der Waals surface area contributed by atoms with Gasteiger partial charge in [-0.3, -0.25) is 4.79 Å². The lowest BCUT2D eigenvalue weighted by Gasteiger charge is -2.44. The average Bonchev–Trinajstić information content (AvgIpc) is 2.73. The van der Waals surface area contributed by atoms with Gasteiger partial charge in [0.2, 0.25) is 5.91 Å². The standard InChI is InChI=1S/C23H39N3OS/c27-22(26-18-8-12-20-11-4-5-13-21(20)26)14-6-7-16-24-23(28)25-17-15-19-9-2-1-3-10-19/h9,20-21H,1-8,10-18H2,(H2,24,25,28). The molecule has 1 amide bonds. The molecule has 2 atom stereocenters. The Kier molecular flexibility index (Phi) is 9.10. The zero-order valence-corrected chi connectivity index (χ0v) is 18.3. The number of hydrogen-bond donors (Lipinski definition) is 2. The topological polar surface area (TPSA) is 44.4 Å². The zero-order valence-electron chi connectivity index (χ0n) is 17.5. The van der Waals surface area contributed by atoms with E-state index in [-0.39, 0.29) is 0 Å². The summed E-state index contributed by atoms with van der Waals surface area (Å²) < 4.78 is 0. The summed E-state index contributed by atoms with van der Waals surface area (Å²) in [7, 11) is 0. The number of nitrogens with zero attached hydrogens (tertiary/aromatic N) is 1. The molecule has 1 saturated heterocycles. The van der Waals surface area contributed by atoms with Crippen LogP contribution in [0, 0.1) is 5.92 Å². The van der Waals surface area contributed by atoms with Crippen LogP contribution >= 0.6 is 12.2 Å². The quantitative estimate of drug-likeness (QED) is 0.349. The number of allylic oxidation sites excluding steroid dienone is 1. The van der Waals surface area contributed by atoms with Gasteiger partial charge in [-0.05, 0) is 88.8 Å². The molecule has 0 aromatic rings. The second-order valence-corrected chi connectivity index (χ2v) is 9.25. The van der Waals surface area contributed by atoms with E-state index in [1.54, 1.807) is 5.57 Å². The molecule has 2 aliphatic carbocycles. The largest absolute Gasteiger partial charge is 0.363 e. The summed E-state index contributed by atoms with van der Waals surface area (Å²) in [6.07, 6.45) is 19.1. The minimum atomic E-state index is 0.387. The van der Waals surface area contributed by atoms with Gasteiger partial charge in [-0.15, -0.1) is 0 Å². The summed E-state index contributed by atoms with van der Waals surface area (Å²) in [5.74, 6) is 1.17. The van der Waals surface area contributed by atoms with E-state index < -0.39 is 0 Å². The van der Waals surface area contributed by atoms with Crippen molar-refractivity contribution in [2.24, 2.45) is 5.92 Å². The van der Waals surface area contributed by atoms with E-state index in [1.165, 1.54) is 64.2 Å². The van der Waals surface area contributed by atoms with E-state index in [1.807, 2.05) is 0 Å². The second kappa shape index (κ2) is 11.8. The van der Waals surface area contributed by atoms with Crippen molar-refractivity contribution >= 4 is 23.2 Å². The normalized spacial score (nSPS) is 24.9. The van der Waals surface area contributed by atoms with E-state index >= 15 is 0 Å². The fourth-order valence-electron chi connectivity index (χ4n) is 5.21. The summed E-state index contributed by atoms with van der Waals surface area (Å²) >= 11 is 5.37. The highest BCUT2D eigenvalue weighted by atomic mass is 32.1. The Balaban J connectivity index is 1.23. The van der Waals surface area contributed by atoms with E-state index in [4.69, 9.17) is 12.2 Å². The first-order valence-electron chi connectivity index (χ1n) is 11.7. The summed E-state index contributed by atoms with van der Waals surface area (Å²) in [6.45, 7) is 2.77. The van der Waals surface area contributed by atoms with E-state index in [9.17, 15) is 4.79 Å². The SMILES string of the molecule is O=C(CCCCNC(=S)NCCC1=CCCCC1)N1CCCC2CCCCC21. The Morgan fingerprint density at radius 2 is 1.86 bits per heavy atom. The van der Waals surface area contributed by atoms with Crippen molar-refractivity contribution in [3.05, 3.63) is 11.6 Å². The lowest BCUT2D eigenvalue weighted by molar-refractivity contribution is -0.137. The maximum Gasteiger partial charge on any atom is 0.222 e. The predicted molar refractivity (Wildman–Crippen MR) is 120 cm³/mol. The van der Waals surface area contributed by atoms with Crippen molar-refractivity contribution in [2.75, 3.05) is 19.6 Å². The van der Waals surface area contributed by atoms with Crippen molar-refractivity contribution in [1.29, 1.82) is 0 Å². The van der Waals surface area contributed by atoms with Gasteiger partial charge in [0.15, 0.2) is 5.11 Å². The van der Waals surface area contributed by atoms with E-state index in [0.717, 1.165) is 49.9 Å². The molecular formula is C23H39N3OS. The van der Waals surface area contributed by atoms with Gasteiger partial charge in [0.1, 0.15) is 0 Å². The van der Waals surface area contributed by atoms with Gasteiger partial charge < -0.3 is 15.5 Å². The van der Waals surface area contributed by atoms with Gasteiger partial charge in [0, 0.05) is 32.1 Å². The molecule has 1 heterocycles. The first-order valence-corrected chi connectivity index (χ1v) is 12.1. The van der Waals surface area contributed by atoms with Crippen LogP contribution in [-0.2, 0) is 4.79 Å². The molecule has 0 radical (unpaired) electrons. The number of thiocarbonyl (C=S) groups is 1. The smallest absolute Gasteiger partial charge is 0.222 e. The molecule has 1 saturated carbocycles. The lowest BCUT2D eigenvalue weighted by Crippen LogP contribution is -2.49. The van der Waals surface area contributed by atoms with Crippen molar-refractivity contribution in [1.82, 2.24) is 15.5 Å². The Morgan fingerprint density at radius 1 is 1.04 bits per heavy atom. The molecule has 0 spiro atoms. The number of carbonyl (C=O) groups is 1. The molecule has 3 rings (SSSR count). The number of carbonyl (C=O) groups excluding carboxylic acids is 1. The summed E-state index contributed by atoms with van der Waals surface area (Å²) in [6, 6.07) is 0.546. The molecule has 1 aliphatic heterocycles. The molecule has 0 bridgehead atoms. The van der Waals surface area contributed by atoms with Crippen LogP contribution < -0.4 is 10.6 Å². The number of nitrogens with one attached hydrogen (secondary N) is 2. The molecule has 0 aromatic carbocycles. The summed E-state index contributed by atoms with van der Waals surface area (Å²) in [5, 5.41) is 7.37. The number of fused-ring (bicyclic) bond motifs is 1. The average molecular weight is 406 g/mol. The van der Waals surface area contributed by atoms with Gasteiger partial charge in [-0.2, -0.15) is 0 Å². The number of likely N-dealkylation sites (tertiary alicyclic amines) is 1. The highest BCUT2D eigenvalue weighted by Crippen LogP contribution is 2.35. The van der Waals surface area contributed by atoms with Crippen LogP contribution in [0.3, 0.4) is 0 Å². The number of amides is 1.